The average Bonchev–Trinajstić information content (AvgIpc) is 2.52. The molecule has 0 radical (unpaired) electrons. The van der Waals surface area contributed by atoms with Crippen LogP contribution in [-0.4, -0.2) is 24.6 Å². The van der Waals surface area contributed by atoms with Crippen molar-refractivity contribution in [2.45, 2.75) is 39.2 Å². The first-order valence-electron chi connectivity index (χ1n) is 7.49. The molecule has 2 amide bonds. The van der Waals surface area contributed by atoms with E-state index in [0.29, 0.717) is 18.0 Å². The van der Waals surface area contributed by atoms with Crippen LogP contribution in [0.25, 0.3) is 0 Å². The number of rotatable bonds is 6. The molecule has 0 heterocycles. The predicted octanol–water partition coefficient (Wildman–Crippen LogP) is 3.31. The molecule has 1 aromatic carbocycles. The van der Waals surface area contributed by atoms with Gasteiger partial charge in [-0.15, -0.1) is 0 Å². The topological polar surface area (TPSA) is 91.2 Å². The van der Waals surface area contributed by atoms with E-state index < -0.39 is 17.5 Å². The lowest BCUT2D eigenvalue weighted by molar-refractivity contribution is 0.0602. The van der Waals surface area contributed by atoms with Gasteiger partial charge in [0, 0.05) is 0 Å². The molecule has 1 aromatic rings. The van der Waals surface area contributed by atoms with Crippen LogP contribution in [0.5, 0.6) is 0 Å². The number of amides is 2. The van der Waals surface area contributed by atoms with Gasteiger partial charge in [0.15, 0.2) is 0 Å². The number of urea groups is 1. The molecule has 0 aliphatic carbocycles. The molecule has 0 spiro atoms. The van der Waals surface area contributed by atoms with Gasteiger partial charge in [-0.1, -0.05) is 26.0 Å². The summed E-state index contributed by atoms with van der Waals surface area (Å²) in [5.74, 6) is -0.101. The van der Waals surface area contributed by atoms with E-state index in [9.17, 15) is 14.9 Å². The molecule has 1 unspecified atom stereocenters. The summed E-state index contributed by atoms with van der Waals surface area (Å²) < 4.78 is 4.68. The van der Waals surface area contributed by atoms with Crippen LogP contribution >= 0.6 is 0 Å². The molecule has 0 aromatic heterocycles. The van der Waals surface area contributed by atoms with Crippen LogP contribution in [0, 0.1) is 17.2 Å². The Morgan fingerprint density at radius 2 is 2.00 bits per heavy atom. The van der Waals surface area contributed by atoms with E-state index in [1.165, 1.54) is 7.11 Å². The average molecular weight is 317 g/mol. The Balaban J connectivity index is 2.80. The van der Waals surface area contributed by atoms with Crippen molar-refractivity contribution < 1.29 is 14.3 Å². The molecule has 1 atom stereocenters. The number of anilines is 1. The highest BCUT2D eigenvalue weighted by molar-refractivity contribution is 6.00. The lowest BCUT2D eigenvalue weighted by Crippen LogP contribution is -2.47. The normalized spacial score (nSPS) is 12.9. The second kappa shape index (κ2) is 8.18. The predicted molar refractivity (Wildman–Crippen MR) is 88.0 cm³/mol. The Morgan fingerprint density at radius 1 is 1.35 bits per heavy atom. The Hall–Kier alpha value is -2.55. The van der Waals surface area contributed by atoms with Crippen molar-refractivity contribution >= 4 is 17.7 Å². The molecule has 124 valence electrons. The van der Waals surface area contributed by atoms with Crippen molar-refractivity contribution in [2.24, 2.45) is 5.92 Å². The van der Waals surface area contributed by atoms with Crippen molar-refractivity contribution in [3.05, 3.63) is 29.8 Å². The first-order chi connectivity index (χ1) is 10.8. The van der Waals surface area contributed by atoms with Crippen molar-refractivity contribution in [3.8, 4) is 6.07 Å². The maximum absolute atomic E-state index is 12.2. The van der Waals surface area contributed by atoms with Crippen LogP contribution in [-0.2, 0) is 4.74 Å². The number of para-hydroxylation sites is 1. The maximum atomic E-state index is 12.2. The molecule has 0 saturated carbocycles. The van der Waals surface area contributed by atoms with Gasteiger partial charge in [0.2, 0.25) is 0 Å². The molecular weight excluding hydrogens is 294 g/mol. The van der Waals surface area contributed by atoms with Crippen LogP contribution < -0.4 is 10.6 Å². The first-order valence-corrected chi connectivity index (χ1v) is 7.49. The van der Waals surface area contributed by atoms with E-state index in [1.54, 1.807) is 31.2 Å². The van der Waals surface area contributed by atoms with Crippen LogP contribution in [0.1, 0.15) is 44.0 Å². The molecule has 2 N–H and O–H groups in total. The summed E-state index contributed by atoms with van der Waals surface area (Å²) in [6.45, 7) is 5.80. The molecule has 0 aliphatic rings. The van der Waals surface area contributed by atoms with E-state index in [2.05, 4.69) is 35.3 Å². The van der Waals surface area contributed by atoms with Crippen molar-refractivity contribution in [1.82, 2.24) is 5.32 Å². The standard InChI is InChI=1S/C17H23N3O3/c1-12(2)9-10-17(3,11-18)20-16(22)19-14-8-6-5-7-13(14)15(21)23-4/h5-8,12H,9-10H2,1-4H3,(H2,19,20,22). The molecular formula is C17H23N3O3. The lowest BCUT2D eigenvalue weighted by atomic mass is 9.93. The lowest BCUT2D eigenvalue weighted by Gasteiger charge is -2.24. The minimum atomic E-state index is -0.964. The molecule has 23 heavy (non-hydrogen) atoms. The number of esters is 1. The summed E-state index contributed by atoms with van der Waals surface area (Å²) in [5, 5.41) is 14.6. The summed E-state index contributed by atoms with van der Waals surface area (Å²) in [4.78, 5) is 23.9. The number of ether oxygens (including phenoxy) is 1. The van der Waals surface area contributed by atoms with E-state index in [4.69, 9.17) is 0 Å². The third-order valence-electron chi connectivity index (χ3n) is 3.44. The second-order valence-electron chi connectivity index (χ2n) is 5.99. The van der Waals surface area contributed by atoms with Gasteiger partial charge in [-0.05, 0) is 37.8 Å². The van der Waals surface area contributed by atoms with Gasteiger partial charge in [-0.25, -0.2) is 9.59 Å². The van der Waals surface area contributed by atoms with Crippen LogP contribution in [0.4, 0.5) is 10.5 Å². The highest BCUT2D eigenvalue weighted by Gasteiger charge is 2.26. The van der Waals surface area contributed by atoms with Gasteiger partial charge < -0.3 is 15.4 Å². The molecule has 6 heteroatoms. The zero-order valence-electron chi connectivity index (χ0n) is 14.0. The number of carbonyl (C=O) groups is 2. The van der Waals surface area contributed by atoms with Crippen LogP contribution in [0.3, 0.4) is 0 Å². The number of nitriles is 1. The number of nitrogens with one attached hydrogen (secondary N) is 2. The fraction of sp³-hybridized carbons (Fsp3) is 0.471. The van der Waals surface area contributed by atoms with Crippen LogP contribution in [0.2, 0.25) is 0 Å². The Kier molecular flexibility index (Phi) is 6.58. The summed E-state index contributed by atoms with van der Waals surface area (Å²) in [6, 6.07) is 8.14. The zero-order chi connectivity index (χ0) is 17.5. The Bertz CT molecular complexity index is 607. The van der Waals surface area contributed by atoms with Gasteiger partial charge >= 0.3 is 12.0 Å². The van der Waals surface area contributed by atoms with Gasteiger partial charge in [-0.2, -0.15) is 5.26 Å². The number of carbonyl (C=O) groups excluding carboxylic acids is 2. The van der Waals surface area contributed by atoms with E-state index in [1.807, 2.05) is 0 Å². The second-order valence-corrected chi connectivity index (χ2v) is 5.99. The summed E-state index contributed by atoms with van der Waals surface area (Å²) in [5.41, 5.74) is -0.374. The molecule has 0 bridgehead atoms. The highest BCUT2D eigenvalue weighted by atomic mass is 16.5. The summed E-state index contributed by atoms with van der Waals surface area (Å²) >= 11 is 0. The van der Waals surface area contributed by atoms with Crippen molar-refractivity contribution in [1.29, 1.82) is 5.26 Å². The smallest absolute Gasteiger partial charge is 0.339 e. The fourth-order valence-corrected chi connectivity index (χ4v) is 2.01. The van der Waals surface area contributed by atoms with E-state index in [-0.39, 0.29) is 5.56 Å². The van der Waals surface area contributed by atoms with Crippen LogP contribution in [0.15, 0.2) is 24.3 Å². The van der Waals surface area contributed by atoms with Crippen molar-refractivity contribution in [2.75, 3.05) is 12.4 Å². The first kappa shape index (κ1) is 18.5. The highest BCUT2D eigenvalue weighted by Crippen LogP contribution is 2.18. The van der Waals surface area contributed by atoms with Crippen molar-refractivity contribution in [3.63, 3.8) is 0 Å². The molecule has 1 rings (SSSR count). The number of nitrogens with zero attached hydrogens (tertiary/aromatic N) is 1. The molecule has 0 aliphatic heterocycles. The van der Waals surface area contributed by atoms with E-state index in [0.717, 1.165) is 6.42 Å². The Labute approximate surface area is 136 Å². The molecule has 0 fully saturated rings. The molecule has 0 saturated heterocycles. The summed E-state index contributed by atoms with van der Waals surface area (Å²) in [6.07, 6.45) is 1.37. The third-order valence-corrected chi connectivity index (χ3v) is 3.44. The SMILES string of the molecule is COC(=O)c1ccccc1NC(=O)NC(C)(C#N)CCC(C)C. The maximum Gasteiger partial charge on any atom is 0.339 e. The minimum absolute atomic E-state index is 0.256. The van der Waals surface area contributed by atoms with E-state index >= 15 is 0 Å². The monoisotopic (exact) mass is 317 g/mol. The molecule has 6 nitrogen and oxygen atoms in total. The largest absolute Gasteiger partial charge is 0.465 e. The fourth-order valence-electron chi connectivity index (χ4n) is 2.01. The quantitative estimate of drug-likeness (QED) is 0.787. The summed E-state index contributed by atoms with van der Waals surface area (Å²) in [7, 11) is 1.28. The Morgan fingerprint density at radius 3 is 2.57 bits per heavy atom. The zero-order valence-corrected chi connectivity index (χ0v) is 14.0. The number of hydrogen-bond acceptors (Lipinski definition) is 4. The van der Waals surface area contributed by atoms with Gasteiger partial charge in [0.05, 0.1) is 24.4 Å². The minimum Gasteiger partial charge on any atom is -0.465 e. The van der Waals surface area contributed by atoms with Gasteiger partial charge in [0.25, 0.3) is 0 Å². The third kappa shape index (κ3) is 5.62. The number of hydrogen-bond donors (Lipinski definition) is 2. The number of benzene rings is 1. The van der Waals surface area contributed by atoms with Gasteiger partial charge in [-0.3, -0.25) is 0 Å². The number of methoxy groups -OCH3 is 1. The van der Waals surface area contributed by atoms with Gasteiger partial charge in [0.1, 0.15) is 5.54 Å².